The highest BCUT2D eigenvalue weighted by molar-refractivity contribution is 5.94. The first-order valence-electron chi connectivity index (χ1n) is 9.69. The lowest BCUT2D eigenvalue weighted by Gasteiger charge is -2.24. The van der Waals surface area contributed by atoms with Gasteiger partial charge in [0.2, 0.25) is 23.6 Å². The summed E-state index contributed by atoms with van der Waals surface area (Å²) in [6.07, 6.45) is -0.611. The molecule has 5 atom stereocenters. The zero-order valence-corrected chi connectivity index (χ0v) is 17.7. The van der Waals surface area contributed by atoms with Gasteiger partial charge in [0, 0.05) is 6.42 Å². The summed E-state index contributed by atoms with van der Waals surface area (Å²) in [5.41, 5.74) is 10.9. The number of aliphatic carboxylic acids is 2. The zero-order chi connectivity index (χ0) is 24.3. The second-order valence-corrected chi connectivity index (χ2v) is 7.21. The molecular formula is C18H31N5O8. The molecule has 0 saturated carbocycles. The Morgan fingerprint density at radius 3 is 1.87 bits per heavy atom. The number of nitrogens with one attached hydrogen (secondary N) is 3. The van der Waals surface area contributed by atoms with E-state index < -0.39 is 66.2 Å². The number of rotatable bonds is 14. The average molecular weight is 445 g/mol. The van der Waals surface area contributed by atoms with Crippen LogP contribution < -0.4 is 27.4 Å². The van der Waals surface area contributed by atoms with Gasteiger partial charge >= 0.3 is 11.9 Å². The maximum atomic E-state index is 12.6. The van der Waals surface area contributed by atoms with Crippen molar-refractivity contribution in [3.05, 3.63) is 0 Å². The molecule has 0 aliphatic rings. The fourth-order valence-electron chi connectivity index (χ4n) is 2.39. The van der Waals surface area contributed by atoms with Crippen molar-refractivity contribution < 1.29 is 39.0 Å². The number of carbonyl (C=O) groups excluding carboxylic acids is 4. The Morgan fingerprint density at radius 2 is 1.42 bits per heavy atom. The molecule has 9 N–H and O–H groups in total. The van der Waals surface area contributed by atoms with Crippen LogP contribution in [0.3, 0.4) is 0 Å². The molecule has 0 radical (unpaired) electrons. The first-order chi connectivity index (χ1) is 14.3. The Morgan fingerprint density at radius 1 is 0.871 bits per heavy atom. The highest BCUT2D eigenvalue weighted by Crippen LogP contribution is 2.07. The van der Waals surface area contributed by atoms with E-state index in [1.807, 2.05) is 12.2 Å². The third-order valence-corrected chi connectivity index (χ3v) is 4.62. The van der Waals surface area contributed by atoms with Crippen LogP contribution in [0.1, 0.15) is 46.5 Å². The van der Waals surface area contributed by atoms with Crippen LogP contribution in [0.25, 0.3) is 0 Å². The first-order valence-corrected chi connectivity index (χ1v) is 9.69. The molecule has 0 spiro atoms. The summed E-state index contributed by atoms with van der Waals surface area (Å²) in [5.74, 6) is -6.26. The minimum absolute atomic E-state index is 0.148. The summed E-state index contributed by atoms with van der Waals surface area (Å²) >= 11 is 0. The van der Waals surface area contributed by atoms with Crippen molar-refractivity contribution in [2.75, 3.05) is 0 Å². The molecule has 0 saturated heterocycles. The van der Waals surface area contributed by atoms with Gasteiger partial charge in [0.05, 0.1) is 12.5 Å². The smallest absolute Gasteiger partial charge is 0.326 e. The van der Waals surface area contributed by atoms with Crippen LogP contribution in [0.4, 0.5) is 0 Å². The third-order valence-electron chi connectivity index (χ3n) is 4.62. The summed E-state index contributed by atoms with van der Waals surface area (Å²) in [4.78, 5) is 69.9. The molecule has 0 bridgehead atoms. The van der Waals surface area contributed by atoms with Gasteiger partial charge in [-0.05, 0) is 19.3 Å². The molecule has 0 aromatic rings. The Hall–Kier alpha value is -3.22. The van der Waals surface area contributed by atoms with Crippen molar-refractivity contribution in [1.29, 1.82) is 0 Å². The second kappa shape index (κ2) is 13.2. The minimum atomic E-state index is -1.69. The van der Waals surface area contributed by atoms with Crippen molar-refractivity contribution in [3.8, 4) is 0 Å². The first kappa shape index (κ1) is 27.8. The third kappa shape index (κ3) is 10.4. The largest absolute Gasteiger partial charge is 0.481 e. The second-order valence-electron chi connectivity index (χ2n) is 7.21. The lowest BCUT2D eigenvalue weighted by molar-refractivity contribution is -0.147. The van der Waals surface area contributed by atoms with Gasteiger partial charge < -0.3 is 37.6 Å². The molecule has 0 aliphatic heterocycles. The number of amides is 4. The van der Waals surface area contributed by atoms with Crippen LogP contribution >= 0.6 is 0 Å². The molecule has 13 nitrogen and oxygen atoms in total. The van der Waals surface area contributed by atoms with Gasteiger partial charge in [-0.25, -0.2) is 4.79 Å². The average Bonchev–Trinajstić information content (AvgIpc) is 2.68. The van der Waals surface area contributed by atoms with Gasteiger partial charge in [-0.3, -0.25) is 24.0 Å². The van der Waals surface area contributed by atoms with Crippen molar-refractivity contribution >= 4 is 35.6 Å². The van der Waals surface area contributed by atoms with E-state index in [2.05, 4.69) is 10.6 Å². The highest BCUT2D eigenvalue weighted by Gasteiger charge is 2.30. The molecule has 31 heavy (non-hydrogen) atoms. The predicted molar refractivity (Wildman–Crippen MR) is 107 cm³/mol. The lowest BCUT2D eigenvalue weighted by atomic mass is 9.98. The summed E-state index contributed by atoms with van der Waals surface area (Å²) in [6.45, 7) is 4.83. The number of hydrogen-bond acceptors (Lipinski definition) is 7. The topological polar surface area (TPSA) is 231 Å². The molecule has 0 unspecified atom stereocenters. The van der Waals surface area contributed by atoms with E-state index in [9.17, 15) is 28.8 Å². The Balaban J connectivity index is 5.19. The van der Waals surface area contributed by atoms with Crippen LogP contribution in [-0.4, -0.2) is 69.9 Å². The predicted octanol–water partition coefficient (Wildman–Crippen LogP) is -2.34. The number of carbonyl (C=O) groups is 6. The number of hydrogen-bond donors (Lipinski definition) is 7. The quantitative estimate of drug-likeness (QED) is 0.151. The maximum Gasteiger partial charge on any atom is 0.326 e. The van der Waals surface area contributed by atoms with Gasteiger partial charge in [-0.1, -0.05) is 20.3 Å². The highest BCUT2D eigenvalue weighted by atomic mass is 16.4. The fraction of sp³-hybridized carbons (Fsp3) is 0.667. The van der Waals surface area contributed by atoms with Crippen LogP contribution in [0.5, 0.6) is 0 Å². The van der Waals surface area contributed by atoms with E-state index in [0.717, 1.165) is 0 Å². The maximum absolute atomic E-state index is 12.6. The van der Waals surface area contributed by atoms with E-state index in [1.165, 1.54) is 6.92 Å². The van der Waals surface area contributed by atoms with Crippen molar-refractivity contribution in [3.63, 3.8) is 0 Å². The Bertz CT molecular complexity index is 698. The Labute approximate surface area is 179 Å². The molecule has 13 heteroatoms. The molecule has 0 fully saturated rings. The summed E-state index contributed by atoms with van der Waals surface area (Å²) in [6, 6.07) is -5.08. The summed E-state index contributed by atoms with van der Waals surface area (Å²) < 4.78 is 0. The van der Waals surface area contributed by atoms with Gasteiger partial charge in [0.15, 0.2) is 0 Å². The minimum Gasteiger partial charge on any atom is -0.481 e. The van der Waals surface area contributed by atoms with Crippen molar-refractivity contribution in [1.82, 2.24) is 16.0 Å². The molecule has 0 heterocycles. The molecular weight excluding hydrogens is 414 g/mol. The SMILES string of the molecule is CC[C@H](C)[C@H](N)C(=O)N[C@@H](CCC(N)=O)C(=O)N[C@@H](C)C(=O)N[C@@H](CC(=O)O)C(=O)O. The molecule has 176 valence electrons. The van der Waals surface area contributed by atoms with Gasteiger partial charge in [-0.2, -0.15) is 0 Å². The number of primary amides is 1. The monoisotopic (exact) mass is 445 g/mol. The van der Waals surface area contributed by atoms with Gasteiger partial charge in [0.25, 0.3) is 0 Å². The summed E-state index contributed by atoms with van der Waals surface area (Å²) in [7, 11) is 0. The molecule has 0 rings (SSSR count). The van der Waals surface area contributed by atoms with E-state index in [0.29, 0.717) is 6.42 Å². The van der Waals surface area contributed by atoms with Crippen LogP contribution in [-0.2, 0) is 28.8 Å². The van der Waals surface area contributed by atoms with E-state index in [4.69, 9.17) is 21.7 Å². The van der Waals surface area contributed by atoms with E-state index in [-0.39, 0.29) is 18.8 Å². The van der Waals surface area contributed by atoms with Crippen LogP contribution in [0, 0.1) is 5.92 Å². The van der Waals surface area contributed by atoms with Crippen molar-refractivity contribution in [2.45, 2.75) is 70.6 Å². The molecule has 4 amide bonds. The zero-order valence-electron chi connectivity index (χ0n) is 17.7. The standard InChI is InChI=1S/C18H31N5O8/c1-4-8(2)14(20)17(29)22-10(5-6-12(19)24)16(28)21-9(3)15(27)23-11(18(30)31)7-13(25)26/h8-11,14H,4-7,20H2,1-3H3,(H2,19,24)(H,21,28)(H,22,29)(H,23,27)(H,25,26)(H,30,31)/t8-,9-,10-,11-,14-/m0/s1. The van der Waals surface area contributed by atoms with Crippen LogP contribution in [0.2, 0.25) is 0 Å². The van der Waals surface area contributed by atoms with Gasteiger partial charge in [0.1, 0.15) is 18.1 Å². The van der Waals surface area contributed by atoms with E-state index in [1.54, 1.807) is 6.92 Å². The molecule has 0 aromatic heterocycles. The van der Waals surface area contributed by atoms with Gasteiger partial charge in [-0.15, -0.1) is 0 Å². The Kier molecular flexibility index (Phi) is 11.8. The molecule has 0 aliphatic carbocycles. The number of carboxylic acid groups (broad SMARTS) is 2. The van der Waals surface area contributed by atoms with E-state index >= 15 is 0 Å². The lowest BCUT2D eigenvalue weighted by Crippen LogP contribution is -2.57. The summed E-state index contributed by atoms with van der Waals surface area (Å²) in [5, 5.41) is 24.4. The fourth-order valence-corrected chi connectivity index (χ4v) is 2.39. The number of carboxylic acids is 2. The van der Waals surface area contributed by atoms with Crippen LogP contribution in [0.15, 0.2) is 0 Å². The molecule has 0 aromatic carbocycles. The van der Waals surface area contributed by atoms with Crippen molar-refractivity contribution in [2.24, 2.45) is 17.4 Å². The number of nitrogens with two attached hydrogens (primary N) is 2. The normalized spacial score (nSPS) is 15.5.